The van der Waals surface area contributed by atoms with E-state index in [1.54, 1.807) is 24.4 Å². The third-order valence-corrected chi connectivity index (χ3v) is 6.75. The van der Waals surface area contributed by atoms with E-state index in [0.29, 0.717) is 56.8 Å². The molecule has 3 aromatic rings. The number of ether oxygens (including phenoxy) is 2. The molecule has 1 amide bonds. The molecule has 34 heavy (non-hydrogen) atoms. The van der Waals surface area contributed by atoms with Crippen LogP contribution in [0.2, 0.25) is 0 Å². The van der Waals surface area contributed by atoms with Crippen molar-refractivity contribution in [2.45, 2.75) is 20.4 Å². The number of fused-ring (bicyclic) bond motifs is 2. The average molecular weight is 495 g/mol. The smallest absolute Gasteiger partial charge is 0.267 e. The van der Waals surface area contributed by atoms with Gasteiger partial charge in [0.25, 0.3) is 11.5 Å². The molecule has 0 spiro atoms. The lowest BCUT2D eigenvalue weighted by Gasteiger charge is -2.15. The highest BCUT2D eigenvalue weighted by Gasteiger charge is 2.33. The number of benzene rings is 1. The van der Waals surface area contributed by atoms with Gasteiger partial charge < -0.3 is 14.8 Å². The highest BCUT2D eigenvalue weighted by Crippen LogP contribution is 2.36. The van der Waals surface area contributed by atoms with Crippen LogP contribution >= 0.6 is 24.0 Å². The summed E-state index contributed by atoms with van der Waals surface area (Å²) in [5.74, 6) is 1.88. The van der Waals surface area contributed by atoms with Gasteiger partial charge in [-0.05, 0) is 41.8 Å². The Morgan fingerprint density at radius 2 is 2.03 bits per heavy atom. The Labute approximate surface area is 205 Å². The molecule has 2 aromatic heterocycles. The van der Waals surface area contributed by atoms with E-state index in [0.717, 1.165) is 5.56 Å². The first-order valence-electron chi connectivity index (χ1n) is 10.8. The molecule has 4 heterocycles. The Morgan fingerprint density at radius 3 is 2.85 bits per heavy atom. The lowest BCUT2D eigenvalue weighted by Crippen LogP contribution is -2.27. The summed E-state index contributed by atoms with van der Waals surface area (Å²) >= 11 is 6.67. The largest absolute Gasteiger partial charge is 0.454 e. The quantitative estimate of drug-likeness (QED) is 0.408. The predicted molar refractivity (Wildman–Crippen MR) is 136 cm³/mol. The number of rotatable bonds is 6. The molecule has 1 aromatic carbocycles. The summed E-state index contributed by atoms with van der Waals surface area (Å²) in [6, 6.07) is 10.9. The molecule has 0 unspecified atom stereocenters. The summed E-state index contributed by atoms with van der Waals surface area (Å²) in [4.78, 5) is 33.1. The molecule has 0 aliphatic carbocycles. The number of anilines is 1. The van der Waals surface area contributed by atoms with Crippen LogP contribution in [0, 0.1) is 5.92 Å². The third-order valence-electron chi connectivity index (χ3n) is 5.37. The van der Waals surface area contributed by atoms with E-state index in [1.165, 1.54) is 21.1 Å². The van der Waals surface area contributed by atoms with Gasteiger partial charge in [0.15, 0.2) is 11.5 Å². The van der Waals surface area contributed by atoms with Crippen LogP contribution in [0.25, 0.3) is 11.7 Å². The topological polar surface area (TPSA) is 85.2 Å². The number of hydrogen-bond acceptors (Lipinski definition) is 8. The molecule has 8 nitrogen and oxygen atoms in total. The first kappa shape index (κ1) is 22.4. The van der Waals surface area contributed by atoms with Crippen molar-refractivity contribution in [1.82, 2.24) is 14.3 Å². The second-order valence-corrected chi connectivity index (χ2v) is 10.0. The van der Waals surface area contributed by atoms with Crippen LogP contribution in [0.1, 0.15) is 25.0 Å². The fourth-order valence-corrected chi connectivity index (χ4v) is 4.89. The number of hydrogen-bond donors (Lipinski definition) is 1. The van der Waals surface area contributed by atoms with Gasteiger partial charge in [-0.15, -0.1) is 0 Å². The highest BCUT2D eigenvalue weighted by molar-refractivity contribution is 8.26. The summed E-state index contributed by atoms with van der Waals surface area (Å²) in [6.45, 7) is 5.27. The number of pyridine rings is 1. The molecule has 0 saturated carbocycles. The molecule has 1 saturated heterocycles. The van der Waals surface area contributed by atoms with Crippen LogP contribution in [-0.2, 0) is 11.3 Å². The summed E-state index contributed by atoms with van der Waals surface area (Å²) in [5, 5.41) is 3.26. The average Bonchev–Trinajstić information content (AvgIpc) is 3.39. The first-order valence-corrected chi connectivity index (χ1v) is 12.0. The van der Waals surface area contributed by atoms with E-state index in [4.69, 9.17) is 21.7 Å². The maximum absolute atomic E-state index is 13.3. The van der Waals surface area contributed by atoms with Crippen molar-refractivity contribution in [3.63, 3.8) is 0 Å². The van der Waals surface area contributed by atoms with Gasteiger partial charge in [-0.2, -0.15) is 0 Å². The second kappa shape index (κ2) is 9.11. The van der Waals surface area contributed by atoms with Crippen molar-refractivity contribution >= 4 is 51.7 Å². The molecule has 1 N–H and O–H groups in total. The molecule has 5 rings (SSSR count). The van der Waals surface area contributed by atoms with Crippen molar-refractivity contribution in [1.29, 1.82) is 0 Å². The minimum absolute atomic E-state index is 0.186. The van der Waals surface area contributed by atoms with Crippen molar-refractivity contribution in [3.8, 4) is 11.5 Å². The molecule has 0 bridgehead atoms. The molecule has 0 radical (unpaired) electrons. The first-order chi connectivity index (χ1) is 16.4. The number of thioether (sulfide) groups is 1. The second-order valence-electron chi connectivity index (χ2n) is 8.34. The van der Waals surface area contributed by atoms with E-state index in [-0.39, 0.29) is 18.3 Å². The van der Waals surface area contributed by atoms with E-state index in [1.807, 2.05) is 24.3 Å². The Hall–Kier alpha value is -3.37. The maximum atomic E-state index is 13.3. The number of carbonyl (C=O) groups excluding carboxylic acids is 1. The van der Waals surface area contributed by atoms with E-state index >= 15 is 0 Å². The lowest BCUT2D eigenvalue weighted by molar-refractivity contribution is -0.122. The standard InChI is InChI=1S/C24H22N4O4S2/c1-14(2)11-25-21-16(22(29)27-8-4-3-5-20(27)26-21)10-19-23(30)28(24(33)34-19)12-15-6-7-17-18(9-15)32-13-31-17/h3-10,14,25H,11-13H2,1-2H3. The lowest BCUT2D eigenvalue weighted by atomic mass is 10.2. The fourth-order valence-electron chi connectivity index (χ4n) is 3.66. The predicted octanol–water partition coefficient (Wildman–Crippen LogP) is 3.89. The van der Waals surface area contributed by atoms with Gasteiger partial charge in [0.2, 0.25) is 6.79 Å². The number of amides is 1. The van der Waals surface area contributed by atoms with E-state index in [9.17, 15) is 9.59 Å². The minimum Gasteiger partial charge on any atom is -0.454 e. The van der Waals surface area contributed by atoms with Crippen LogP contribution in [0.15, 0.2) is 52.3 Å². The molecule has 10 heteroatoms. The van der Waals surface area contributed by atoms with Crippen LogP contribution < -0.4 is 20.3 Å². The normalized spacial score (nSPS) is 16.3. The summed E-state index contributed by atoms with van der Waals surface area (Å²) in [7, 11) is 0. The zero-order valence-electron chi connectivity index (χ0n) is 18.6. The van der Waals surface area contributed by atoms with Gasteiger partial charge in [0.05, 0.1) is 17.0 Å². The summed E-state index contributed by atoms with van der Waals surface area (Å²) < 4.78 is 12.7. The Kier molecular flexibility index (Phi) is 6.01. The fraction of sp³-hybridized carbons (Fsp3) is 0.250. The summed E-state index contributed by atoms with van der Waals surface area (Å²) in [6.07, 6.45) is 3.26. The van der Waals surface area contributed by atoms with E-state index < -0.39 is 0 Å². The van der Waals surface area contributed by atoms with Gasteiger partial charge in [0.1, 0.15) is 15.8 Å². The van der Waals surface area contributed by atoms with Crippen molar-refractivity contribution in [2.24, 2.45) is 5.92 Å². The number of carbonyl (C=O) groups is 1. The van der Waals surface area contributed by atoms with Crippen LogP contribution in [0.4, 0.5) is 5.82 Å². The SMILES string of the molecule is CC(C)CNc1nc2ccccn2c(=O)c1C=C1SC(=S)N(Cc2ccc3c(c2)OCO3)C1=O. The van der Waals surface area contributed by atoms with Gasteiger partial charge in [-0.1, -0.05) is 50.0 Å². The molecule has 2 aliphatic rings. The van der Waals surface area contributed by atoms with Crippen molar-refractivity contribution in [3.05, 3.63) is 69.0 Å². The monoisotopic (exact) mass is 494 g/mol. The minimum atomic E-state index is -0.252. The van der Waals surface area contributed by atoms with Gasteiger partial charge >= 0.3 is 0 Å². The Bertz CT molecular complexity index is 1400. The maximum Gasteiger partial charge on any atom is 0.267 e. The van der Waals surface area contributed by atoms with E-state index in [2.05, 4.69) is 24.1 Å². The van der Waals surface area contributed by atoms with Gasteiger partial charge in [-0.25, -0.2) is 4.98 Å². The third kappa shape index (κ3) is 4.26. The Balaban J connectivity index is 1.48. The Morgan fingerprint density at radius 1 is 1.21 bits per heavy atom. The van der Waals surface area contributed by atoms with Gasteiger partial charge in [0, 0.05) is 12.7 Å². The number of nitrogens with zero attached hydrogens (tertiary/aromatic N) is 3. The number of thiocarbonyl (C=S) groups is 1. The molecule has 174 valence electrons. The molecule has 2 aliphatic heterocycles. The van der Waals surface area contributed by atoms with Crippen LogP contribution in [0.3, 0.4) is 0 Å². The van der Waals surface area contributed by atoms with Crippen molar-refractivity contribution < 1.29 is 14.3 Å². The van der Waals surface area contributed by atoms with Crippen LogP contribution in [-0.4, -0.2) is 37.8 Å². The van der Waals surface area contributed by atoms with Crippen LogP contribution in [0.5, 0.6) is 11.5 Å². The number of aromatic nitrogens is 2. The molecular formula is C24H22N4O4S2. The molecule has 0 atom stereocenters. The molecule has 1 fully saturated rings. The zero-order valence-corrected chi connectivity index (χ0v) is 20.2. The van der Waals surface area contributed by atoms with Gasteiger partial charge in [-0.3, -0.25) is 18.9 Å². The number of nitrogens with one attached hydrogen (secondary N) is 1. The molecular weight excluding hydrogens is 472 g/mol. The highest BCUT2D eigenvalue weighted by atomic mass is 32.2. The summed E-state index contributed by atoms with van der Waals surface area (Å²) in [5.41, 5.74) is 1.48. The zero-order chi connectivity index (χ0) is 23.8. The van der Waals surface area contributed by atoms with Crippen molar-refractivity contribution in [2.75, 3.05) is 18.7 Å².